The van der Waals surface area contributed by atoms with Crippen LogP contribution in [0.1, 0.15) is 11.1 Å². The first-order valence-electron chi connectivity index (χ1n) is 4.39. The molecule has 3 heteroatoms. The Labute approximate surface area is 92.9 Å². The number of aryl methyl sites for hydroxylation is 1. The fourth-order valence-corrected chi connectivity index (χ4v) is 1.94. The lowest BCUT2D eigenvalue weighted by Crippen LogP contribution is -1.94. The molecule has 0 amide bonds. The highest BCUT2D eigenvalue weighted by Crippen LogP contribution is 2.28. The fourth-order valence-electron chi connectivity index (χ4n) is 1.35. The van der Waals surface area contributed by atoms with Crippen LogP contribution in [-0.2, 0) is 0 Å². The van der Waals surface area contributed by atoms with E-state index in [1.807, 2.05) is 31.2 Å². The zero-order valence-corrected chi connectivity index (χ0v) is 9.97. The van der Waals surface area contributed by atoms with Crippen LogP contribution in [0.4, 0.5) is 0 Å². The molecule has 0 bridgehead atoms. The normalized spacial score (nSPS) is 10.9. The minimum absolute atomic E-state index is 0.536. The van der Waals surface area contributed by atoms with Crippen molar-refractivity contribution in [2.45, 2.75) is 6.92 Å². The Kier molecular flexibility index (Phi) is 4.17. The molecule has 0 aliphatic rings. The van der Waals surface area contributed by atoms with Gasteiger partial charge in [-0.15, -0.1) is 0 Å². The van der Waals surface area contributed by atoms with E-state index in [9.17, 15) is 0 Å². The van der Waals surface area contributed by atoms with Gasteiger partial charge >= 0.3 is 0 Å². The van der Waals surface area contributed by atoms with Gasteiger partial charge in [0.2, 0.25) is 0 Å². The Bertz CT molecular complexity index is 347. The third kappa shape index (κ3) is 2.59. The Hall–Kier alpha value is -0.800. The number of rotatable bonds is 3. The van der Waals surface area contributed by atoms with Gasteiger partial charge in [0.15, 0.2) is 0 Å². The number of benzene rings is 1. The molecule has 0 saturated carbocycles. The smallest absolute Gasteiger partial charge is 0.129 e. The third-order valence-electron chi connectivity index (χ3n) is 1.91. The highest BCUT2D eigenvalue weighted by Gasteiger charge is 2.04. The van der Waals surface area contributed by atoms with E-state index in [4.69, 9.17) is 10.5 Å². The summed E-state index contributed by atoms with van der Waals surface area (Å²) < 4.78 is 6.36. The standard InChI is InChI=1S/C11H14BrNO/c1-8-6-10(12)7-9(4-3-5-13)11(8)14-2/h3-4,6-7H,5,13H2,1-2H3/b4-3+. The quantitative estimate of drug-likeness (QED) is 0.902. The number of hydrogen-bond acceptors (Lipinski definition) is 2. The van der Waals surface area contributed by atoms with Gasteiger partial charge in [0.1, 0.15) is 5.75 Å². The molecule has 0 saturated heterocycles. The predicted molar refractivity (Wildman–Crippen MR) is 63.5 cm³/mol. The summed E-state index contributed by atoms with van der Waals surface area (Å²) in [6, 6.07) is 4.04. The lowest BCUT2D eigenvalue weighted by molar-refractivity contribution is 0.410. The first-order chi connectivity index (χ1) is 6.69. The summed E-state index contributed by atoms with van der Waals surface area (Å²) in [5, 5.41) is 0. The minimum Gasteiger partial charge on any atom is -0.496 e. The molecule has 0 heterocycles. The van der Waals surface area contributed by atoms with Crippen LogP contribution in [-0.4, -0.2) is 13.7 Å². The topological polar surface area (TPSA) is 35.2 Å². The largest absolute Gasteiger partial charge is 0.496 e. The van der Waals surface area contributed by atoms with Crippen molar-refractivity contribution in [3.8, 4) is 5.75 Å². The number of hydrogen-bond donors (Lipinski definition) is 1. The van der Waals surface area contributed by atoms with Crippen molar-refractivity contribution in [2.75, 3.05) is 13.7 Å². The summed E-state index contributed by atoms with van der Waals surface area (Å²) in [5.41, 5.74) is 7.56. The molecule has 2 N–H and O–H groups in total. The SMILES string of the molecule is COc1c(C)cc(Br)cc1/C=C/CN. The van der Waals surface area contributed by atoms with Crippen molar-refractivity contribution in [3.63, 3.8) is 0 Å². The van der Waals surface area contributed by atoms with Crippen LogP contribution < -0.4 is 10.5 Å². The molecule has 1 rings (SSSR count). The van der Waals surface area contributed by atoms with Gasteiger partial charge in [-0.25, -0.2) is 0 Å². The van der Waals surface area contributed by atoms with E-state index in [0.717, 1.165) is 21.3 Å². The number of halogens is 1. The molecular formula is C11H14BrNO. The van der Waals surface area contributed by atoms with Crippen LogP contribution >= 0.6 is 15.9 Å². The maximum Gasteiger partial charge on any atom is 0.129 e. The van der Waals surface area contributed by atoms with Gasteiger partial charge in [-0.3, -0.25) is 0 Å². The number of nitrogens with two attached hydrogens (primary N) is 1. The van der Waals surface area contributed by atoms with Crippen LogP contribution in [0.2, 0.25) is 0 Å². The Morgan fingerprint density at radius 3 is 2.79 bits per heavy atom. The molecule has 76 valence electrons. The van der Waals surface area contributed by atoms with Crippen LogP contribution in [0.5, 0.6) is 5.75 Å². The van der Waals surface area contributed by atoms with Crippen LogP contribution in [0.25, 0.3) is 6.08 Å². The Morgan fingerprint density at radius 2 is 2.21 bits per heavy atom. The van der Waals surface area contributed by atoms with Crippen molar-refractivity contribution < 1.29 is 4.74 Å². The first kappa shape index (κ1) is 11.3. The summed E-state index contributed by atoms with van der Waals surface area (Å²) in [5.74, 6) is 0.901. The lowest BCUT2D eigenvalue weighted by atomic mass is 10.1. The molecule has 0 aromatic heterocycles. The number of ether oxygens (including phenoxy) is 1. The molecule has 0 atom stereocenters. The van der Waals surface area contributed by atoms with Crippen molar-refractivity contribution in [2.24, 2.45) is 5.73 Å². The second kappa shape index (κ2) is 5.17. The zero-order chi connectivity index (χ0) is 10.6. The average molecular weight is 256 g/mol. The summed E-state index contributed by atoms with van der Waals surface area (Å²) in [7, 11) is 1.68. The van der Waals surface area contributed by atoms with Crippen LogP contribution in [0, 0.1) is 6.92 Å². The zero-order valence-electron chi connectivity index (χ0n) is 8.38. The summed E-state index contributed by atoms with van der Waals surface area (Å²) in [4.78, 5) is 0. The Morgan fingerprint density at radius 1 is 1.50 bits per heavy atom. The van der Waals surface area contributed by atoms with E-state index >= 15 is 0 Å². The van der Waals surface area contributed by atoms with Crippen molar-refractivity contribution in [1.82, 2.24) is 0 Å². The summed E-state index contributed by atoms with van der Waals surface area (Å²) in [6.45, 7) is 2.55. The monoisotopic (exact) mass is 255 g/mol. The van der Waals surface area contributed by atoms with E-state index in [-0.39, 0.29) is 0 Å². The van der Waals surface area contributed by atoms with Crippen LogP contribution in [0.3, 0.4) is 0 Å². The molecule has 0 aliphatic heterocycles. The van der Waals surface area contributed by atoms with Gasteiger partial charge in [-0.2, -0.15) is 0 Å². The van der Waals surface area contributed by atoms with Gasteiger partial charge in [-0.05, 0) is 24.6 Å². The third-order valence-corrected chi connectivity index (χ3v) is 2.36. The summed E-state index contributed by atoms with van der Waals surface area (Å²) in [6.07, 6.45) is 3.88. The number of methoxy groups -OCH3 is 1. The highest BCUT2D eigenvalue weighted by atomic mass is 79.9. The van der Waals surface area contributed by atoms with Crippen molar-refractivity contribution >= 4 is 22.0 Å². The maximum absolute atomic E-state index is 5.40. The molecule has 1 aromatic rings. The maximum atomic E-state index is 5.40. The van der Waals surface area contributed by atoms with E-state index in [1.54, 1.807) is 7.11 Å². The minimum atomic E-state index is 0.536. The molecule has 0 fully saturated rings. The highest BCUT2D eigenvalue weighted by molar-refractivity contribution is 9.10. The van der Waals surface area contributed by atoms with Crippen molar-refractivity contribution in [3.05, 3.63) is 33.8 Å². The van der Waals surface area contributed by atoms with E-state index < -0.39 is 0 Å². The van der Waals surface area contributed by atoms with Gasteiger partial charge in [0.25, 0.3) is 0 Å². The molecule has 2 nitrogen and oxygen atoms in total. The second-order valence-electron chi connectivity index (χ2n) is 2.98. The molecule has 1 aromatic carbocycles. The molecule has 0 unspecified atom stereocenters. The van der Waals surface area contributed by atoms with Gasteiger partial charge in [-0.1, -0.05) is 28.1 Å². The fraction of sp³-hybridized carbons (Fsp3) is 0.273. The van der Waals surface area contributed by atoms with E-state index in [2.05, 4.69) is 15.9 Å². The van der Waals surface area contributed by atoms with Gasteiger partial charge in [0, 0.05) is 16.6 Å². The second-order valence-corrected chi connectivity index (χ2v) is 3.90. The van der Waals surface area contributed by atoms with Crippen LogP contribution in [0.15, 0.2) is 22.7 Å². The van der Waals surface area contributed by atoms with E-state index in [1.165, 1.54) is 0 Å². The molecule has 0 aliphatic carbocycles. The summed E-state index contributed by atoms with van der Waals surface area (Å²) >= 11 is 3.45. The molecule has 14 heavy (non-hydrogen) atoms. The molecular weight excluding hydrogens is 242 g/mol. The van der Waals surface area contributed by atoms with Crippen molar-refractivity contribution in [1.29, 1.82) is 0 Å². The van der Waals surface area contributed by atoms with E-state index in [0.29, 0.717) is 6.54 Å². The molecule has 0 spiro atoms. The first-order valence-corrected chi connectivity index (χ1v) is 5.19. The molecule has 0 radical (unpaired) electrons. The van der Waals surface area contributed by atoms with Gasteiger partial charge in [0.05, 0.1) is 7.11 Å². The Balaban J connectivity index is 3.18. The van der Waals surface area contributed by atoms with Gasteiger partial charge < -0.3 is 10.5 Å². The lowest BCUT2D eigenvalue weighted by Gasteiger charge is -2.09. The predicted octanol–water partition coefficient (Wildman–Crippen LogP) is 2.74. The average Bonchev–Trinajstić information content (AvgIpc) is 2.14.